The van der Waals surface area contributed by atoms with E-state index in [4.69, 9.17) is 22.1 Å². The van der Waals surface area contributed by atoms with Crippen molar-refractivity contribution >= 4 is 17.5 Å². The number of rotatable bonds is 2. The Balaban J connectivity index is 2.18. The zero-order chi connectivity index (χ0) is 14.0. The van der Waals surface area contributed by atoms with Crippen LogP contribution in [0.3, 0.4) is 0 Å². The average Bonchev–Trinajstić information content (AvgIpc) is 2.39. The third kappa shape index (κ3) is 3.08. The van der Waals surface area contributed by atoms with E-state index in [0.29, 0.717) is 18.2 Å². The molecule has 1 fully saturated rings. The number of hydrogen-bond acceptors (Lipinski definition) is 3. The topological polar surface area (TPSA) is 55.6 Å². The Morgan fingerprint density at radius 2 is 2.21 bits per heavy atom. The molecule has 0 aromatic heterocycles. The molecule has 1 aromatic carbocycles. The number of carbonyl (C=O) groups excluding carboxylic acids is 1. The quantitative estimate of drug-likeness (QED) is 0.902. The van der Waals surface area contributed by atoms with Crippen LogP contribution in [0.5, 0.6) is 0 Å². The molecular weight excluding hydrogens is 264 g/mol. The molecule has 5 heteroatoms. The molecule has 1 aliphatic rings. The van der Waals surface area contributed by atoms with Crippen molar-refractivity contribution in [1.29, 1.82) is 0 Å². The highest BCUT2D eigenvalue weighted by molar-refractivity contribution is 6.31. The lowest BCUT2D eigenvalue weighted by Crippen LogP contribution is -2.52. The summed E-state index contributed by atoms with van der Waals surface area (Å²) in [5.74, 6) is -0.0483. The van der Waals surface area contributed by atoms with E-state index >= 15 is 0 Å². The lowest BCUT2D eigenvalue weighted by Gasteiger charge is -2.39. The zero-order valence-electron chi connectivity index (χ0n) is 11.2. The lowest BCUT2D eigenvalue weighted by molar-refractivity contribution is -0.145. The normalized spacial score (nSPS) is 25.2. The van der Waals surface area contributed by atoms with Gasteiger partial charge >= 0.3 is 0 Å². The third-order valence-electron chi connectivity index (χ3n) is 3.36. The van der Waals surface area contributed by atoms with Crippen molar-refractivity contribution in [3.63, 3.8) is 0 Å². The van der Waals surface area contributed by atoms with Crippen molar-refractivity contribution in [3.8, 4) is 0 Å². The highest BCUT2D eigenvalue weighted by atomic mass is 35.5. The van der Waals surface area contributed by atoms with Crippen LogP contribution in [0.2, 0.25) is 5.02 Å². The Labute approximate surface area is 118 Å². The first-order chi connectivity index (χ1) is 9.00. The molecule has 0 aliphatic carbocycles. The van der Waals surface area contributed by atoms with Crippen molar-refractivity contribution in [2.45, 2.75) is 32.0 Å². The minimum Gasteiger partial charge on any atom is -0.369 e. The largest absolute Gasteiger partial charge is 0.369 e. The van der Waals surface area contributed by atoms with Gasteiger partial charge in [-0.05, 0) is 19.9 Å². The third-order valence-corrected chi connectivity index (χ3v) is 3.70. The first-order valence-corrected chi connectivity index (χ1v) is 6.80. The molecule has 19 heavy (non-hydrogen) atoms. The van der Waals surface area contributed by atoms with Crippen molar-refractivity contribution < 1.29 is 9.53 Å². The van der Waals surface area contributed by atoms with E-state index in [-0.39, 0.29) is 18.1 Å². The summed E-state index contributed by atoms with van der Waals surface area (Å²) in [5, 5.41) is 0.662. The molecule has 104 valence electrons. The monoisotopic (exact) mass is 282 g/mol. The summed E-state index contributed by atoms with van der Waals surface area (Å²) >= 11 is 6.18. The minimum absolute atomic E-state index is 0.0391. The first kappa shape index (κ1) is 14.3. The van der Waals surface area contributed by atoms with Crippen LogP contribution in [0.25, 0.3) is 0 Å². The van der Waals surface area contributed by atoms with E-state index in [1.165, 1.54) is 0 Å². The van der Waals surface area contributed by atoms with Crippen LogP contribution in [0.4, 0.5) is 0 Å². The molecule has 1 aliphatic heterocycles. The van der Waals surface area contributed by atoms with Crippen molar-refractivity contribution in [2.75, 3.05) is 13.2 Å². The van der Waals surface area contributed by atoms with E-state index < -0.39 is 6.04 Å². The summed E-state index contributed by atoms with van der Waals surface area (Å²) in [5.41, 5.74) is 6.60. The Kier molecular flexibility index (Phi) is 4.45. The summed E-state index contributed by atoms with van der Waals surface area (Å²) in [6, 6.07) is 7.10. The van der Waals surface area contributed by atoms with Gasteiger partial charge in [0.2, 0.25) is 5.91 Å². The van der Waals surface area contributed by atoms with Gasteiger partial charge in [0.25, 0.3) is 0 Å². The van der Waals surface area contributed by atoms with E-state index in [9.17, 15) is 4.79 Å². The fourth-order valence-corrected chi connectivity index (χ4v) is 2.51. The number of benzene rings is 1. The van der Waals surface area contributed by atoms with Crippen LogP contribution >= 0.6 is 11.6 Å². The van der Waals surface area contributed by atoms with Crippen LogP contribution in [0.1, 0.15) is 25.5 Å². The van der Waals surface area contributed by atoms with Gasteiger partial charge in [0.05, 0.1) is 25.2 Å². The molecular formula is C14H19ClN2O2. The second kappa shape index (κ2) is 5.90. The van der Waals surface area contributed by atoms with Gasteiger partial charge < -0.3 is 15.4 Å². The number of nitrogens with zero attached hydrogens (tertiary/aromatic N) is 1. The fraction of sp³-hybridized carbons (Fsp3) is 0.500. The molecule has 0 saturated carbocycles. The van der Waals surface area contributed by atoms with Crippen molar-refractivity contribution in [3.05, 3.63) is 34.9 Å². The molecule has 2 unspecified atom stereocenters. The highest BCUT2D eigenvalue weighted by Gasteiger charge is 2.32. The van der Waals surface area contributed by atoms with Crippen LogP contribution in [-0.2, 0) is 9.53 Å². The van der Waals surface area contributed by atoms with Crippen LogP contribution in [0.15, 0.2) is 24.3 Å². The molecule has 0 bridgehead atoms. The van der Waals surface area contributed by atoms with Crippen LogP contribution in [-0.4, -0.2) is 36.0 Å². The number of nitrogens with two attached hydrogens (primary N) is 1. The predicted octanol–water partition coefficient (Wildman–Crippen LogP) is 1.98. The smallest absolute Gasteiger partial charge is 0.239 e. The Hall–Kier alpha value is -1.10. The van der Waals surface area contributed by atoms with Gasteiger partial charge in [-0.15, -0.1) is 0 Å². The summed E-state index contributed by atoms with van der Waals surface area (Å²) in [6.45, 7) is 4.65. The summed E-state index contributed by atoms with van der Waals surface area (Å²) in [6.07, 6.45) is -0.187. The zero-order valence-corrected chi connectivity index (χ0v) is 11.9. The van der Waals surface area contributed by atoms with E-state index in [0.717, 1.165) is 5.56 Å². The maximum atomic E-state index is 12.1. The van der Waals surface area contributed by atoms with Gasteiger partial charge in [0.1, 0.15) is 6.10 Å². The molecule has 1 aromatic rings. The second-order valence-corrected chi connectivity index (χ2v) is 5.38. The minimum atomic E-state index is -0.493. The summed E-state index contributed by atoms with van der Waals surface area (Å²) < 4.78 is 5.80. The lowest BCUT2D eigenvalue weighted by atomic mass is 10.1. The SMILES string of the molecule is CC1COC(c2ccccc2Cl)CN1C(=O)[C@H](C)N. The maximum Gasteiger partial charge on any atom is 0.239 e. The summed E-state index contributed by atoms with van der Waals surface area (Å²) in [4.78, 5) is 13.9. The van der Waals surface area contributed by atoms with Crippen molar-refractivity contribution in [1.82, 2.24) is 4.90 Å². The van der Waals surface area contributed by atoms with E-state index in [2.05, 4.69) is 0 Å². The predicted molar refractivity (Wildman–Crippen MR) is 75.0 cm³/mol. The number of hydrogen-bond donors (Lipinski definition) is 1. The van der Waals surface area contributed by atoms with E-state index in [1.807, 2.05) is 31.2 Å². The van der Waals surface area contributed by atoms with Crippen LogP contribution in [0, 0.1) is 0 Å². The molecule has 2 rings (SSSR count). The molecule has 0 spiro atoms. The fourth-order valence-electron chi connectivity index (χ4n) is 2.25. The number of halogens is 1. The van der Waals surface area contributed by atoms with Crippen molar-refractivity contribution in [2.24, 2.45) is 5.73 Å². The number of amides is 1. The highest BCUT2D eigenvalue weighted by Crippen LogP contribution is 2.30. The van der Waals surface area contributed by atoms with Gasteiger partial charge in [-0.3, -0.25) is 4.79 Å². The van der Waals surface area contributed by atoms with Crippen LogP contribution < -0.4 is 5.73 Å². The maximum absolute atomic E-state index is 12.1. The standard InChI is InChI=1S/C14H19ClN2O2/c1-9-8-19-13(7-17(9)14(18)10(2)16)11-5-3-4-6-12(11)15/h3-6,9-10,13H,7-8,16H2,1-2H3/t9?,10-,13?/m0/s1. The number of ether oxygens (including phenoxy) is 1. The molecule has 4 nitrogen and oxygen atoms in total. The van der Waals surface area contributed by atoms with Gasteiger partial charge in [-0.25, -0.2) is 0 Å². The average molecular weight is 283 g/mol. The van der Waals surface area contributed by atoms with Gasteiger partial charge in [-0.2, -0.15) is 0 Å². The van der Waals surface area contributed by atoms with Gasteiger partial charge in [-0.1, -0.05) is 29.8 Å². The molecule has 3 atom stereocenters. The Morgan fingerprint density at radius 3 is 2.84 bits per heavy atom. The Bertz CT molecular complexity index is 465. The molecule has 1 amide bonds. The molecule has 0 radical (unpaired) electrons. The number of morpholine rings is 1. The molecule has 1 saturated heterocycles. The van der Waals surface area contributed by atoms with Gasteiger partial charge in [0.15, 0.2) is 0 Å². The molecule has 1 heterocycles. The summed E-state index contributed by atoms with van der Waals surface area (Å²) in [7, 11) is 0. The van der Waals surface area contributed by atoms with Gasteiger partial charge in [0, 0.05) is 10.6 Å². The first-order valence-electron chi connectivity index (χ1n) is 6.42. The Morgan fingerprint density at radius 1 is 1.53 bits per heavy atom. The molecule has 2 N–H and O–H groups in total. The van der Waals surface area contributed by atoms with E-state index in [1.54, 1.807) is 11.8 Å². The number of carbonyl (C=O) groups is 1. The second-order valence-electron chi connectivity index (χ2n) is 4.97.